The second kappa shape index (κ2) is 10.6. The summed E-state index contributed by atoms with van der Waals surface area (Å²) in [5.74, 6) is 0. The van der Waals surface area contributed by atoms with Crippen molar-refractivity contribution in [3.8, 4) is 11.1 Å². The van der Waals surface area contributed by atoms with Crippen molar-refractivity contribution in [2.45, 2.75) is 0 Å². The van der Waals surface area contributed by atoms with Crippen molar-refractivity contribution in [2.75, 3.05) is 4.90 Å². The van der Waals surface area contributed by atoms with Gasteiger partial charge in [0.05, 0.1) is 17.1 Å². The zero-order chi connectivity index (χ0) is 31.6. The van der Waals surface area contributed by atoms with Gasteiger partial charge in [-0.2, -0.15) is 0 Å². The van der Waals surface area contributed by atoms with Gasteiger partial charge in [-0.3, -0.25) is 0 Å². The van der Waals surface area contributed by atoms with E-state index in [4.69, 9.17) is 4.42 Å². The molecule has 2 heteroatoms. The quantitative estimate of drug-likeness (QED) is 0.184. The number of hydrogen-bond donors (Lipinski definition) is 0. The number of anilines is 3. The number of nitrogens with zero attached hydrogens (tertiary/aromatic N) is 1. The molecule has 0 fully saturated rings. The van der Waals surface area contributed by atoms with Crippen molar-refractivity contribution in [1.82, 2.24) is 0 Å². The molecular weight excluding hydrogens is 583 g/mol. The Morgan fingerprint density at radius 2 is 0.979 bits per heavy atom. The van der Waals surface area contributed by atoms with E-state index >= 15 is 0 Å². The highest BCUT2D eigenvalue weighted by molar-refractivity contribution is 6.25. The Balaban J connectivity index is 1.37. The maximum Gasteiger partial charge on any atom is 0.136 e. The van der Waals surface area contributed by atoms with Crippen LogP contribution in [0.3, 0.4) is 0 Å². The largest absolute Gasteiger partial charge is 0.456 e. The van der Waals surface area contributed by atoms with Crippen LogP contribution in [0.1, 0.15) is 0 Å². The number of benzene rings is 9. The zero-order valence-corrected chi connectivity index (χ0v) is 26.1. The van der Waals surface area contributed by atoms with Crippen LogP contribution in [0, 0.1) is 0 Å². The Morgan fingerprint density at radius 3 is 1.85 bits per heavy atom. The monoisotopic (exact) mass is 611 g/mol. The Morgan fingerprint density at radius 1 is 0.333 bits per heavy atom. The molecule has 0 saturated carbocycles. The summed E-state index contributed by atoms with van der Waals surface area (Å²) in [6, 6.07) is 63.5. The molecule has 2 nitrogen and oxygen atoms in total. The van der Waals surface area contributed by atoms with E-state index in [0.29, 0.717) is 0 Å². The van der Waals surface area contributed by atoms with Gasteiger partial charge in [0.1, 0.15) is 11.2 Å². The van der Waals surface area contributed by atoms with E-state index < -0.39 is 0 Å². The Bertz CT molecular complexity index is 2830. The first-order valence-electron chi connectivity index (χ1n) is 16.4. The topological polar surface area (TPSA) is 16.4 Å². The summed E-state index contributed by atoms with van der Waals surface area (Å²) >= 11 is 0. The lowest BCUT2D eigenvalue weighted by atomic mass is 9.93. The van der Waals surface area contributed by atoms with Gasteiger partial charge in [-0.05, 0) is 74.3 Å². The summed E-state index contributed by atoms with van der Waals surface area (Å²) in [5, 5.41) is 12.0. The van der Waals surface area contributed by atoms with Gasteiger partial charge in [-0.1, -0.05) is 140 Å². The van der Waals surface area contributed by atoms with Crippen molar-refractivity contribution >= 4 is 82.1 Å². The molecule has 1 heterocycles. The Hall–Kier alpha value is -6.38. The number of rotatable bonds is 4. The molecule has 0 bridgehead atoms. The summed E-state index contributed by atoms with van der Waals surface area (Å²) in [4.78, 5) is 2.49. The maximum atomic E-state index is 6.34. The second-order valence-corrected chi connectivity index (χ2v) is 12.5. The third-order valence-electron chi connectivity index (χ3n) is 9.79. The summed E-state index contributed by atoms with van der Waals surface area (Å²) in [5.41, 5.74) is 7.54. The lowest BCUT2D eigenvalue weighted by molar-refractivity contribution is 0.669. The third-order valence-corrected chi connectivity index (χ3v) is 9.79. The predicted octanol–water partition coefficient (Wildman–Crippen LogP) is 13.3. The van der Waals surface area contributed by atoms with Crippen LogP contribution in [-0.2, 0) is 0 Å². The minimum Gasteiger partial charge on any atom is -0.456 e. The molecule has 224 valence electrons. The molecular formula is C46H29NO. The fourth-order valence-electron chi connectivity index (χ4n) is 7.63. The lowest BCUT2D eigenvalue weighted by Crippen LogP contribution is -2.12. The predicted molar refractivity (Wildman–Crippen MR) is 204 cm³/mol. The van der Waals surface area contributed by atoms with Crippen LogP contribution >= 0.6 is 0 Å². The van der Waals surface area contributed by atoms with E-state index in [1.165, 1.54) is 48.8 Å². The second-order valence-electron chi connectivity index (χ2n) is 12.5. The van der Waals surface area contributed by atoms with E-state index in [-0.39, 0.29) is 0 Å². The standard InChI is InChI=1S/C46H29NO/c1-2-13-30(14-3-1)34-18-8-10-22-41(34)47(42-23-12-17-33-28-45-40(29-39(33)42)37-21-9-11-24-44(37)48-45)43-27-32-16-5-7-20-36(32)46-35-19-6-4-15-31(35)25-26-38(43)46/h1-29H. The molecule has 0 spiro atoms. The van der Waals surface area contributed by atoms with Gasteiger partial charge in [-0.25, -0.2) is 0 Å². The third kappa shape index (κ3) is 4.06. The van der Waals surface area contributed by atoms with Gasteiger partial charge < -0.3 is 9.32 Å². The van der Waals surface area contributed by atoms with Crippen molar-refractivity contribution in [2.24, 2.45) is 0 Å². The van der Waals surface area contributed by atoms with E-state index in [1.807, 2.05) is 6.07 Å². The van der Waals surface area contributed by atoms with E-state index in [9.17, 15) is 0 Å². The SMILES string of the molecule is c1ccc(-c2ccccc2N(c2cccc3cc4oc5ccccc5c4cc23)c2cc3ccccc3c3c2ccc2ccccc23)cc1. The summed E-state index contributed by atoms with van der Waals surface area (Å²) in [7, 11) is 0. The van der Waals surface area contributed by atoms with Crippen LogP contribution in [-0.4, -0.2) is 0 Å². The van der Waals surface area contributed by atoms with Crippen LogP contribution < -0.4 is 4.90 Å². The van der Waals surface area contributed by atoms with Gasteiger partial charge >= 0.3 is 0 Å². The Labute approximate surface area is 277 Å². The average molecular weight is 612 g/mol. The molecule has 0 aliphatic carbocycles. The van der Waals surface area contributed by atoms with Gasteiger partial charge in [0.15, 0.2) is 0 Å². The lowest BCUT2D eigenvalue weighted by Gasteiger charge is -2.31. The van der Waals surface area contributed by atoms with Crippen molar-refractivity contribution in [1.29, 1.82) is 0 Å². The van der Waals surface area contributed by atoms with Crippen molar-refractivity contribution in [3.63, 3.8) is 0 Å². The normalized spacial score (nSPS) is 11.8. The number of furan rings is 1. The van der Waals surface area contributed by atoms with Crippen LogP contribution in [0.5, 0.6) is 0 Å². The van der Waals surface area contributed by atoms with Gasteiger partial charge in [0.2, 0.25) is 0 Å². The van der Waals surface area contributed by atoms with Gasteiger partial charge in [-0.15, -0.1) is 0 Å². The maximum absolute atomic E-state index is 6.34. The molecule has 0 atom stereocenters. The molecule has 0 aliphatic heterocycles. The Kier molecular flexibility index (Phi) is 5.91. The van der Waals surface area contributed by atoms with E-state index in [1.54, 1.807) is 0 Å². The molecule has 9 aromatic carbocycles. The minimum absolute atomic E-state index is 0.903. The molecule has 0 radical (unpaired) electrons. The van der Waals surface area contributed by atoms with Crippen molar-refractivity contribution in [3.05, 3.63) is 176 Å². The molecule has 0 amide bonds. The van der Waals surface area contributed by atoms with Crippen LogP contribution in [0.2, 0.25) is 0 Å². The van der Waals surface area contributed by atoms with Crippen molar-refractivity contribution < 1.29 is 4.42 Å². The first-order valence-corrected chi connectivity index (χ1v) is 16.4. The average Bonchev–Trinajstić information content (AvgIpc) is 3.52. The highest BCUT2D eigenvalue weighted by Crippen LogP contribution is 2.49. The summed E-state index contributed by atoms with van der Waals surface area (Å²) in [6.07, 6.45) is 0. The fourth-order valence-corrected chi connectivity index (χ4v) is 7.63. The number of fused-ring (bicyclic) bond motifs is 9. The number of para-hydroxylation sites is 2. The van der Waals surface area contributed by atoms with Gasteiger partial charge in [0, 0.05) is 27.1 Å². The van der Waals surface area contributed by atoms with Crippen LogP contribution in [0.4, 0.5) is 17.1 Å². The molecule has 48 heavy (non-hydrogen) atoms. The first kappa shape index (κ1) is 26.8. The highest BCUT2D eigenvalue weighted by atomic mass is 16.3. The van der Waals surface area contributed by atoms with E-state index in [0.717, 1.165) is 44.4 Å². The van der Waals surface area contributed by atoms with Gasteiger partial charge in [0.25, 0.3) is 0 Å². The minimum atomic E-state index is 0.903. The molecule has 1 aromatic heterocycles. The molecule has 0 aliphatic rings. The number of hydrogen-bond acceptors (Lipinski definition) is 2. The fraction of sp³-hybridized carbons (Fsp3) is 0. The summed E-state index contributed by atoms with van der Waals surface area (Å²) in [6.45, 7) is 0. The molecule has 0 N–H and O–H groups in total. The molecule has 0 saturated heterocycles. The zero-order valence-electron chi connectivity index (χ0n) is 26.1. The molecule has 10 rings (SSSR count). The molecule has 10 aromatic rings. The smallest absolute Gasteiger partial charge is 0.136 e. The van der Waals surface area contributed by atoms with Crippen LogP contribution in [0.25, 0.3) is 76.2 Å². The van der Waals surface area contributed by atoms with E-state index in [2.05, 4.69) is 175 Å². The summed E-state index contributed by atoms with van der Waals surface area (Å²) < 4.78 is 6.34. The molecule has 0 unspecified atom stereocenters. The highest BCUT2D eigenvalue weighted by Gasteiger charge is 2.23. The first-order chi connectivity index (χ1) is 23.8. The van der Waals surface area contributed by atoms with Crippen LogP contribution in [0.15, 0.2) is 180 Å².